The molecule has 0 spiro atoms. The van der Waals surface area contributed by atoms with E-state index < -0.39 is 12.0 Å². The first kappa shape index (κ1) is 26.0. The van der Waals surface area contributed by atoms with Gasteiger partial charge in [0.05, 0.1) is 0 Å². The van der Waals surface area contributed by atoms with Crippen molar-refractivity contribution in [2.24, 2.45) is 0 Å². The second-order valence-electron chi connectivity index (χ2n) is 5.07. The SMILES string of the molecule is CCCCCCCCCCC[C-]=O.CN[C@@H](C)C(=O)O.[Na+]. The average molecular weight is 309 g/mol. The maximum absolute atomic E-state index is 9.89. The summed E-state index contributed by atoms with van der Waals surface area (Å²) in [5.41, 5.74) is 0. The van der Waals surface area contributed by atoms with E-state index in [2.05, 4.69) is 12.2 Å². The molecule has 0 rings (SSSR count). The van der Waals surface area contributed by atoms with E-state index in [4.69, 9.17) is 5.11 Å². The molecule has 0 aromatic rings. The summed E-state index contributed by atoms with van der Waals surface area (Å²) in [4.78, 5) is 19.8. The van der Waals surface area contributed by atoms with Crippen molar-refractivity contribution < 1.29 is 44.3 Å². The first-order valence-corrected chi connectivity index (χ1v) is 7.85. The fourth-order valence-electron chi connectivity index (χ4n) is 1.63. The van der Waals surface area contributed by atoms with Crippen LogP contribution in [-0.4, -0.2) is 30.5 Å². The van der Waals surface area contributed by atoms with Gasteiger partial charge in [-0.15, -0.1) is 0 Å². The minimum atomic E-state index is -0.817. The van der Waals surface area contributed by atoms with Crippen molar-refractivity contribution in [1.29, 1.82) is 0 Å². The molecule has 4 nitrogen and oxygen atoms in total. The molecule has 0 amide bonds. The molecule has 120 valence electrons. The average Bonchev–Trinajstić information content (AvgIpc) is 2.45. The summed E-state index contributed by atoms with van der Waals surface area (Å²) in [6.07, 6.45) is 14.4. The Balaban J connectivity index is -0.000000347. The summed E-state index contributed by atoms with van der Waals surface area (Å²) in [6, 6.07) is -0.431. The van der Waals surface area contributed by atoms with Gasteiger partial charge >= 0.3 is 35.5 Å². The van der Waals surface area contributed by atoms with E-state index in [0.717, 1.165) is 6.42 Å². The van der Waals surface area contributed by atoms with E-state index in [0.29, 0.717) is 6.42 Å². The van der Waals surface area contributed by atoms with E-state index in [1.165, 1.54) is 51.4 Å². The van der Waals surface area contributed by atoms with Gasteiger partial charge in [0, 0.05) is 0 Å². The van der Waals surface area contributed by atoms with Crippen LogP contribution in [0.3, 0.4) is 0 Å². The number of likely N-dealkylation sites (N-methyl/N-ethyl adjacent to an activating group) is 1. The van der Waals surface area contributed by atoms with Gasteiger partial charge in [-0.25, -0.2) is 0 Å². The van der Waals surface area contributed by atoms with E-state index in [1.807, 2.05) is 6.29 Å². The second-order valence-corrected chi connectivity index (χ2v) is 5.07. The summed E-state index contributed by atoms with van der Waals surface area (Å²) in [5, 5.41) is 10.7. The van der Waals surface area contributed by atoms with Gasteiger partial charge < -0.3 is 15.2 Å². The molecule has 21 heavy (non-hydrogen) atoms. The smallest absolute Gasteiger partial charge is 0.542 e. The van der Waals surface area contributed by atoms with Gasteiger partial charge in [0.25, 0.3) is 0 Å². The Labute approximate surface area is 152 Å². The molecular formula is C16H32NNaO3. The van der Waals surface area contributed by atoms with E-state index in [-0.39, 0.29) is 29.6 Å². The third-order valence-corrected chi connectivity index (χ3v) is 3.19. The molecule has 0 unspecified atom stereocenters. The van der Waals surface area contributed by atoms with Gasteiger partial charge in [0.1, 0.15) is 6.04 Å². The number of unbranched alkanes of at least 4 members (excludes halogenated alkanes) is 9. The van der Waals surface area contributed by atoms with Crippen LogP contribution >= 0.6 is 0 Å². The van der Waals surface area contributed by atoms with Crippen molar-refractivity contribution in [3.8, 4) is 0 Å². The molecule has 0 bridgehead atoms. The molecule has 0 aromatic carbocycles. The van der Waals surface area contributed by atoms with Gasteiger partial charge in [-0.1, -0.05) is 64.7 Å². The Kier molecular flexibility index (Phi) is 27.7. The van der Waals surface area contributed by atoms with Crippen LogP contribution in [0.25, 0.3) is 0 Å². The summed E-state index contributed by atoms with van der Waals surface area (Å²) in [5.74, 6) is -0.817. The van der Waals surface area contributed by atoms with Crippen LogP contribution in [-0.2, 0) is 9.59 Å². The third kappa shape index (κ3) is 25.4. The van der Waals surface area contributed by atoms with Crippen molar-refractivity contribution in [2.75, 3.05) is 7.05 Å². The summed E-state index contributed by atoms with van der Waals surface area (Å²) in [7, 11) is 1.61. The number of carboxylic acid groups (broad SMARTS) is 1. The van der Waals surface area contributed by atoms with E-state index >= 15 is 0 Å². The van der Waals surface area contributed by atoms with Crippen LogP contribution in [0.5, 0.6) is 0 Å². The quantitative estimate of drug-likeness (QED) is 0.316. The molecule has 5 heteroatoms. The predicted octanol–water partition coefficient (Wildman–Crippen LogP) is 0.700. The Hall–Kier alpha value is 0.100. The van der Waals surface area contributed by atoms with Crippen molar-refractivity contribution in [1.82, 2.24) is 5.32 Å². The molecule has 0 radical (unpaired) electrons. The molecule has 0 aliphatic carbocycles. The number of hydrogen-bond donors (Lipinski definition) is 2. The molecule has 0 aromatic heterocycles. The molecule has 2 N–H and O–H groups in total. The van der Waals surface area contributed by atoms with Crippen molar-refractivity contribution >= 4 is 12.3 Å². The van der Waals surface area contributed by atoms with Gasteiger partial charge in [-0.2, -0.15) is 6.42 Å². The molecule has 1 atom stereocenters. The number of hydrogen-bond acceptors (Lipinski definition) is 3. The monoisotopic (exact) mass is 309 g/mol. The molecule has 0 saturated heterocycles. The molecule has 0 heterocycles. The molecule has 0 saturated carbocycles. The van der Waals surface area contributed by atoms with Gasteiger partial charge in [-0.3, -0.25) is 11.1 Å². The number of rotatable bonds is 12. The number of carbonyl (C=O) groups is 1. The predicted molar refractivity (Wildman–Crippen MR) is 83.7 cm³/mol. The molecular weight excluding hydrogens is 277 g/mol. The fourth-order valence-corrected chi connectivity index (χ4v) is 1.63. The Morgan fingerprint density at radius 3 is 1.76 bits per heavy atom. The molecule has 0 fully saturated rings. The van der Waals surface area contributed by atoms with E-state index in [1.54, 1.807) is 14.0 Å². The zero-order valence-electron chi connectivity index (χ0n) is 14.4. The van der Waals surface area contributed by atoms with Crippen LogP contribution in [0, 0.1) is 0 Å². The maximum Gasteiger partial charge on any atom is 1.00 e. The van der Waals surface area contributed by atoms with Gasteiger partial charge in [0.2, 0.25) is 0 Å². The number of aliphatic carboxylic acids is 1. The number of carbonyl (C=O) groups excluding carboxylic acids is 1. The number of nitrogens with one attached hydrogen (secondary N) is 1. The normalized spacial score (nSPS) is 10.8. The number of carboxylic acids is 1. The minimum Gasteiger partial charge on any atom is -0.542 e. The van der Waals surface area contributed by atoms with Crippen LogP contribution < -0.4 is 34.9 Å². The Morgan fingerprint density at radius 2 is 1.48 bits per heavy atom. The summed E-state index contributed by atoms with van der Waals surface area (Å²) in [6.45, 7) is 3.83. The van der Waals surface area contributed by atoms with E-state index in [9.17, 15) is 9.59 Å². The first-order chi connectivity index (χ1) is 9.59. The van der Waals surface area contributed by atoms with Crippen LogP contribution in [0.4, 0.5) is 0 Å². The topological polar surface area (TPSA) is 66.4 Å². The van der Waals surface area contributed by atoms with Crippen LogP contribution in [0.15, 0.2) is 0 Å². The fraction of sp³-hybridized carbons (Fsp3) is 0.875. The third-order valence-electron chi connectivity index (χ3n) is 3.19. The first-order valence-electron chi connectivity index (χ1n) is 7.85. The molecule has 0 aliphatic heterocycles. The standard InChI is InChI=1S/C12H23O.C4H9NO2.Na/c1-2-3-4-5-6-7-8-9-10-11-12-13;1-3(5-2)4(6)7;/h2-11H2,1H3;3,5H,1-2H3,(H,6,7);/q-1;;+1/t;3-;/m.0./s1. The maximum atomic E-state index is 9.89. The van der Waals surface area contributed by atoms with Crippen molar-refractivity contribution in [3.63, 3.8) is 0 Å². The Morgan fingerprint density at radius 1 is 1.05 bits per heavy atom. The zero-order valence-corrected chi connectivity index (χ0v) is 16.4. The minimum absolute atomic E-state index is 0. The molecule has 0 aliphatic rings. The summed E-state index contributed by atoms with van der Waals surface area (Å²) >= 11 is 0. The second kappa shape index (κ2) is 22.4. The van der Waals surface area contributed by atoms with Crippen LogP contribution in [0.2, 0.25) is 0 Å². The van der Waals surface area contributed by atoms with Gasteiger partial charge in [-0.05, 0) is 14.0 Å². The largest absolute Gasteiger partial charge is 1.00 e. The summed E-state index contributed by atoms with van der Waals surface area (Å²) < 4.78 is 0. The van der Waals surface area contributed by atoms with Crippen LogP contribution in [0.1, 0.15) is 78.1 Å². The van der Waals surface area contributed by atoms with Crippen molar-refractivity contribution in [3.05, 3.63) is 0 Å². The Bertz CT molecular complexity index is 226. The van der Waals surface area contributed by atoms with Crippen molar-refractivity contribution in [2.45, 2.75) is 84.1 Å². The zero-order chi connectivity index (χ0) is 15.6. The van der Waals surface area contributed by atoms with Gasteiger partial charge in [0.15, 0.2) is 0 Å².